The molecule has 6 aromatic carbocycles. The van der Waals surface area contributed by atoms with Gasteiger partial charge in [-0.15, -0.1) is 0 Å². The molecule has 0 saturated carbocycles. The van der Waals surface area contributed by atoms with Gasteiger partial charge in [0.2, 0.25) is 0 Å². The molecule has 316 valence electrons. The molecule has 1 unspecified atom stereocenters. The standard InChI is InChI=1S/C42H42.C18H14O.C2H6/c1-5-14-36(30(2)15-13-19-33-18-9-10-20-37(33)32-16-7-6-8-17-32)34-25-23-31(24-26-34)35-27-28-41-39(29-35)38-21-11-12-22-40(38)42(41,3)4;1-2-6-13(7-3-1)14-10-11-18-16(12-14)15-8-4-5-9-17(15)19-18;1-2/h5-10,12,14,16-18,20,22-30H,1,11,13,15,19,21H2,2-4H3;1-2,4-6,8-12H,3,7H2;1-2H3/b36-14+;;. The van der Waals surface area contributed by atoms with E-state index in [0.717, 1.165) is 56.1 Å². The van der Waals surface area contributed by atoms with Gasteiger partial charge in [-0.05, 0) is 147 Å². The van der Waals surface area contributed by atoms with Crippen LogP contribution in [0.25, 0.3) is 60.9 Å². The summed E-state index contributed by atoms with van der Waals surface area (Å²) in [5.41, 5.74) is 20.1. The number of aryl methyl sites for hydroxylation is 1. The number of hydrogen-bond acceptors (Lipinski definition) is 1. The first kappa shape index (κ1) is 43.2. The first-order chi connectivity index (χ1) is 30.9. The van der Waals surface area contributed by atoms with Crippen LogP contribution in [0.15, 0.2) is 199 Å². The second kappa shape index (κ2) is 19.7. The van der Waals surface area contributed by atoms with Crippen LogP contribution in [0.3, 0.4) is 0 Å². The van der Waals surface area contributed by atoms with Crippen LogP contribution >= 0.6 is 0 Å². The highest BCUT2D eigenvalue weighted by atomic mass is 16.3. The zero-order valence-corrected chi connectivity index (χ0v) is 38.0. The van der Waals surface area contributed by atoms with Gasteiger partial charge < -0.3 is 4.42 Å². The molecule has 10 rings (SSSR count). The number of rotatable bonds is 10. The first-order valence-electron chi connectivity index (χ1n) is 23.3. The van der Waals surface area contributed by atoms with Crippen LogP contribution in [0.2, 0.25) is 0 Å². The van der Waals surface area contributed by atoms with Crippen molar-refractivity contribution in [2.45, 2.75) is 85.0 Å². The maximum absolute atomic E-state index is 5.86. The van der Waals surface area contributed by atoms with E-state index in [4.69, 9.17) is 4.42 Å². The molecule has 7 aromatic rings. The van der Waals surface area contributed by atoms with Gasteiger partial charge in [-0.2, -0.15) is 0 Å². The zero-order chi connectivity index (χ0) is 43.8. The Morgan fingerprint density at radius 1 is 0.683 bits per heavy atom. The molecular weight excluding hydrogens is 761 g/mol. The van der Waals surface area contributed by atoms with E-state index in [1.54, 1.807) is 5.57 Å². The molecule has 1 aromatic heterocycles. The average Bonchev–Trinajstić information content (AvgIpc) is 3.83. The molecule has 0 fully saturated rings. The Hall–Kier alpha value is -6.44. The van der Waals surface area contributed by atoms with E-state index in [1.807, 2.05) is 32.1 Å². The Balaban J connectivity index is 0.000000214. The number of benzene rings is 6. The van der Waals surface area contributed by atoms with Crippen LogP contribution in [0.5, 0.6) is 0 Å². The van der Waals surface area contributed by atoms with Crippen LogP contribution in [0.1, 0.15) is 101 Å². The Morgan fingerprint density at radius 2 is 1.40 bits per heavy atom. The highest BCUT2D eigenvalue weighted by Gasteiger charge is 2.37. The molecular formula is C62H62O. The highest BCUT2D eigenvalue weighted by molar-refractivity contribution is 6.05. The molecule has 0 saturated heterocycles. The number of fused-ring (bicyclic) bond motifs is 5. The number of para-hydroxylation sites is 1. The average molecular weight is 823 g/mol. The quantitative estimate of drug-likeness (QED) is 0.125. The molecule has 0 aliphatic heterocycles. The lowest BCUT2D eigenvalue weighted by atomic mass is 9.80. The molecule has 63 heavy (non-hydrogen) atoms. The maximum atomic E-state index is 5.86. The molecule has 0 N–H and O–H groups in total. The van der Waals surface area contributed by atoms with E-state index in [2.05, 4.69) is 191 Å². The lowest BCUT2D eigenvalue weighted by Crippen LogP contribution is -2.16. The van der Waals surface area contributed by atoms with Gasteiger partial charge in [0.05, 0.1) is 0 Å². The summed E-state index contributed by atoms with van der Waals surface area (Å²) in [5, 5.41) is 2.41. The van der Waals surface area contributed by atoms with Gasteiger partial charge in [0.15, 0.2) is 0 Å². The van der Waals surface area contributed by atoms with Crippen molar-refractivity contribution >= 4 is 38.7 Å². The van der Waals surface area contributed by atoms with E-state index >= 15 is 0 Å². The highest BCUT2D eigenvalue weighted by Crippen LogP contribution is 2.50. The summed E-state index contributed by atoms with van der Waals surface area (Å²) in [4.78, 5) is 0. The van der Waals surface area contributed by atoms with Crippen molar-refractivity contribution in [1.82, 2.24) is 0 Å². The molecule has 1 heterocycles. The Kier molecular flexibility index (Phi) is 13.5. The van der Waals surface area contributed by atoms with Crippen molar-refractivity contribution in [1.29, 1.82) is 0 Å². The van der Waals surface area contributed by atoms with E-state index in [0.29, 0.717) is 5.92 Å². The SMILES string of the molecule is C1=CCCC(c2ccc3oc4ccccc4c3c2)=C1.C=C/C=C(/c1ccc(-c2ccc3c(c2)C2=C(C=CCC2)C3(C)C)cc1)C(C)CCCc1ccccc1-c1ccccc1.CC. The van der Waals surface area contributed by atoms with Crippen LogP contribution in [-0.2, 0) is 11.8 Å². The van der Waals surface area contributed by atoms with Gasteiger partial charge in [-0.3, -0.25) is 0 Å². The van der Waals surface area contributed by atoms with Crippen LogP contribution in [0.4, 0.5) is 0 Å². The third-order valence-electron chi connectivity index (χ3n) is 13.2. The topological polar surface area (TPSA) is 13.1 Å². The number of furan rings is 1. The molecule has 0 spiro atoms. The summed E-state index contributed by atoms with van der Waals surface area (Å²) in [5.74, 6) is 0.449. The van der Waals surface area contributed by atoms with Gasteiger partial charge in [-0.25, -0.2) is 0 Å². The smallest absolute Gasteiger partial charge is 0.135 e. The fraction of sp³-hybridized carbons (Fsp3) is 0.226. The fourth-order valence-electron chi connectivity index (χ4n) is 9.88. The Labute approximate surface area is 376 Å². The van der Waals surface area contributed by atoms with Crippen LogP contribution in [-0.4, -0.2) is 0 Å². The number of allylic oxidation sites excluding steroid dienone is 11. The zero-order valence-electron chi connectivity index (χ0n) is 38.0. The molecule has 3 aliphatic rings. The van der Waals surface area contributed by atoms with Crippen LogP contribution in [0, 0.1) is 5.92 Å². The minimum Gasteiger partial charge on any atom is -0.456 e. The Bertz CT molecular complexity index is 2870. The summed E-state index contributed by atoms with van der Waals surface area (Å²) >= 11 is 0. The predicted molar refractivity (Wildman–Crippen MR) is 274 cm³/mol. The van der Waals surface area contributed by atoms with Crippen molar-refractivity contribution < 1.29 is 4.42 Å². The van der Waals surface area contributed by atoms with E-state index in [1.165, 1.54) is 77.6 Å². The minimum absolute atomic E-state index is 0.0914. The van der Waals surface area contributed by atoms with Crippen molar-refractivity contribution in [3.63, 3.8) is 0 Å². The fourth-order valence-corrected chi connectivity index (χ4v) is 9.88. The van der Waals surface area contributed by atoms with Gasteiger partial charge in [-0.1, -0.05) is 199 Å². The van der Waals surface area contributed by atoms with Crippen molar-refractivity contribution in [2.24, 2.45) is 5.92 Å². The second-order valence-corrected chi connectivity index (χ2v) is 17.4. The molecule has 3 aliphatic carbocycles. The van der Waals surface area contributed by atoms with E-state index in [-0.39, 0.29) is 5.41 Å². The third kappa shape index (κ3) is 9.21. The summed E-state index contributed by atoms with van der Waals surface area (Å²) in [6.07, 6.45) is 23.4. The predicted octanol–water partition coefficient (Wildman–Crippen LogP) is 18.0. The van der Waals surface area contributed by atoms with Crippen molar-refractivity contribution in [3.05, 3.63) is 222 Å². The lowest BCUT2D eigenvalue weighted by molar-refractivity contribution is 0.620. The molecule has 0 bridgehead atoms. The largest absolute Gasteiger partial charge is 0.456 e. The van der Waals surface area contributed by atoms with Crippen molar-refractivity contribution in [3.8, 4) is 22.3 Å². The monoisotopic (exact) mass is 822 g/mol. The van der Waals surface area contributed by atoms with Crippen LogP contribution < -0.4 is 0 Å². The molecule has 0 radical (unpaired) electrons. The summed E-state index contributed by atoms with van der Waals surface area (Å²) in [7, 11) is 0. The van der Waals surface area contributed by atoms with Crippen molar-refractivity contribution in [2.75, 3.05) is 0 Å². The van der Waals surface area contributed by atoms with Gasteiger partial charge >= 0.3 is 0 Å². The number of hydrogen-bond donors (Lipinski definition) is 0. The summed E-state index contributed by atoms with van der Waals surface area (Å²) < 4.78 is 5.86. The molecule has 1 atom stereocenters. The van der Waals surface area contributed by atoms with E-state index in [9.17, 15) is 0 Å². The first-order valence-corrected chi connectivity index (χ1v) is 23.3. The minimum atomic E-state index is 0.0914. The summed E-state index contributed by atoms with van der Waals surface area (Å²) in [6, 6.07) is 50.7. The lowest BCUT2D eigenvalue weighted by Gasteiger charge is -2.24. The second-order valence-electron chi connectivity index (χ2n) is 17.4. The Morgan fingerprint density at radius 3 is 2.19 bits per heavy atom. The molecule has 1 heteroatoms. The molecule has 1 nitrogen and oxygen atoms in total. The molecule has 0 amide bonds. The normalized spacial score (nSPS) is 15.4. The van der Waals surface area contributed by atoms with Gasteiger partial charge in [0, 0.05) is 16.2 Å². The third-order valence-corrected chi connectivity index (χ3v) is 13.2. The van der Waals surface area contributed by atoms with Gasteiger partial charge in [0.1, 0.15) is 11.2 Å². The maximum Gasteiger partial charge on any atom is 0.135 e. The van der Waals surface area contributed by atoms with Gasteiger partial charge in [0.25, 0.3) is 0 Å². The van der Waals surface area contributed by atoms with E-state index < -0.39 is 0 Å². The summed E-state index contributed by atoms with van der Waals surface area (Å²) in [6.45, 7) is 15.1.